The highest BCUT2D eigenvalue weighted by molar-refractivity contribution is 6.04. The lowest BCUT2D eigenvalue weighted by molar-refractivity contribution is -0.0432. The highest BCUT2D eigenvalue weighted by Gasteiger charge is 2.39. The molecule has 0 unspecified atom stereocenters. The number of ketones is 1. The number of carbonyl (C=O) groups is 1. The number of benzene rings is 2. The van der Waals surface area contributed by atoms with E-state index in [0.717, 1.165) is 6.42 Å². The fourth-order valence-electron chi connectivity index (χ4n) is 2.68. The summed E-state index contributed by atoms with van der Waals surface area (Å²) >= 11 is 0. The van der Waals surface area contributed by atoms with Gasteiger partial charge in [0, 0.05) is 0 Å². The molecule has 0 saturated carbocycles. The minimum absolute atomic E-state index is 0.270. The third kappa shape index (κ3) is 4.22. The molecule has 24 heavy (non-hydrogen) atoms. The zero-order valence-corrected chi connectivity index (χ0v) is 14.1. The zero-order valence-electron chi connectivity index (χ0n) is 14.1. The fourth-order valence-corrected chi connectivity index (χ4v) is 2.68. The first-order valence-electron chi connectivity index (χ1n) is 8.09. The minimum atomic E-state index is -1.86. The van der Waals surface area contributed by atoms with Crippen molar-refractivity contribution in [2.45, 2.75) is 37.9 Å². The normalized spacial score (nSPS) is 14.7. The van der Waals surface area contributed by atoms with Crippen LogP contribution in [-0.2, 0) is 6.42 Å². The number of aliphatic hydroxyl groups is 2. The fraction of sp³-hybridized carbons (Fsp3) is 0.350. The van der Waals surface area contributed by atoms with E-state index >= 15 is 0 Å². The first-order chi connectivity index (χ1) is 11.5. The first kappa shape index (κ1) is 18.2. The van der Waals surface area contributed by atoms with Crippen molar-refractivity contribution < 1.29 is 19.7 Å². The maximum atomic E-state index is 12.6. The summed E-state index contributed by atoms with van der Waals surface area (Å²) in [6, 6.07) is 16.6. The van der Waals surface area contributed by atoms with Gasteiger partial charge in [-0.2, -0.15) is 0 Å². The molecule has 2 rings (SSSR count). The molecule has 4 nitrogen and oxygen atoms in total. The van der Waals surface area contributed by atoms with E-state index in [1.165, 1.54) is 19.6 Å². The minimum Gasteiger partial charge on any atom is -0.496 e. The second kappa shape index (κ2) is 8.08. The number of aliphatic hydroxyl groups excluding tert-OH is 1. The van der Waals surface area contributed by atoms with Gasteiger partial charge in [0.1, 0.15) is 5.75 Å². The molecular weight excluding hydrogens is 304 g/mol. The predicted octanol–water partition coefficient (Wildman–Crippen LogP) is 3.01. The van der Waals surface area contributed by atoms with Crippen LogP contribution >= 0.6 is 0 Å². The number of hydrogen-bond donors (Lipinski definition) is 2. The van der Waals surface area contributed by atoms with Crippen molar-refractivity contribution in [1.29, 1.82) is 0 Å². The van der Waals surface area contributed by atoms with Crippen LogP contribution in [0.1, 0.15) is 35.7 Å². The van der Waals surface area contributed by atoms with Crippen molar-refractivity contribution >= 4 is 5.78 Å². The summed E-state index contributed by atoms with van der Waals surface area (Å²) in [5.74, 6) is -0.147. The van der Waals surface area contributed by atoms with Crippen LogP contribution in [0.15, 0.2) is 54.6 Å². The van der Waals surface area contributed by atoms with Crippen molar-refractivity contribution in [1.82, 2.24) is 0 Å². The molecule has 2 atom stereocenters. The maximum Gasteiger partial charge on any atom is 0.200 e. The van der Waals surface area contributed by atoms with Crippen LogP contribution in [0.5, 0.6) is 5.75 Å². The number of para-hydroxylation sites is 1. The van der Waals surface area contributed by atoms with Gasteiger partial charge in [-0.1, -0.05) is 42.5 Å². The molecule has 0 saturated heterocycles. The molecule has 0 heterocycles. The molecule has 4 heteroatoms. The van der Waals surface area contributed by atoms with Crippen molar-refractivity contribution in [3.63, 3.8) is 0 Å². The van der Waals surface area contributed by atoms with Gasteiger partial charge in [-0.15, -0.1) is 0 Å². The van der Waals surface area contributed by atoms with Crippen LogP contribution in [0.3, 0.4) is 0 Å². The summed E-state index contributed by atoms with van der Waals surface area (Å²) < 4.78 is 5.17. The summed E-state index contributed by atoms with van der Waals surface area (Å²) in [7, 11) is 1.47. The van der Waals surface area contributed by atoms with Crippen molar-refractivity contribution in [2.24, 2.45) is 0 Å². The topological polar surface area (TPSA) is 66.8 Å². The molecule has 0 aliphatic carbocycles. The third-order valence-corrected chi connectivity index (χ3v) is 4.25. The van der Waals surface area contributed by atoms with E-state index in [0.29, 0.717) is 18.6 Å². The van der Waals surface area contributed by atoms with Crippen molar-refractivity contribution in [3.8, 4) is 5.75 Å². The van der Waals surface area contributed by atoms with Crippen LogP contribution in [-0.4, -0.2) is 34.8 Å². The molecule has 0 aliphatic heterocycles. The van der Waals surface area contributed by atoms with Crippen LogP contribution in [0.25, 0.3) is 0 Å². The highest BCUT2D eigenvalue weighted by Crippen LogP contribution is 2.26. The van der Waals surface area contributed by atoms with E-state index in [1.807, 2.05) is 30.3 Å². The highest BCUT2D eigenvalue weighted by atomic mass is 16.5. The Hall–Kier alpha value is -2.17. The lowest BCUT2D eigenvalue weighted by atomic mass is 9.86. The average Bonchev–Trinajstić information content (AvgIpc) is 2.61. The SMILES string of the molecule is COc1ccccc1C(=O)[C@](C)(O)[C@H](O)CCCc1ccccc1. The van der Waals surface area contributed by atoms with E-state index in [2.05, 4.69) is 0 Å². The van der Waals surface area contributed by atoms with Gasteiger partial charge in [0.25, 0.3) is 0 Å². The third-order valence-electron chi connectivity index (χ3n) is 4.25. The summed E-state index contributed by atoms with van der Waals surface area (Å²) in [4.78, 5) is 12.6. The number of ether oxygens (including phenoxy) is 1. The lowest BCUT2D eigenvalue weighted by Gasteiger charge is -2.28. The number of carbonyl (C=O) groups excluding carboxylic acids is 1. The standard InChI is InChI=1S/C20H24O4/c1-20(23,19(22)16-12-6-7-13-17(16)24-2)18(21)14-8-11-15-9-4-3-5-10-15/h3-7,9-10,12-13,18,21,23H,8,11,14H2,1-2H3/t18-,20-/m1/s1. The quantitative estimate of drug-likeness (QED) is 0.731. The maximum absolute atomic E-state index is 12.6. The van der Waals surface area contributed by atoms with Crippen molar-refractivity contribution in [2.75, 3.05) is 7.11 Å². The number of hydrogen-bond acceptors (Lipinski definition) is 4. The molecule has 0 amide bonds. The second-order valence-corrected chi connectivity index (χ2v) is 6.07. The lowest BCUT2D eigenvalue weighted by Crippen LogP contribution is -2.47. The molecule has 0 radical (unpaired) electrons. The smallest absolute Gasteiger partial charge is 0.200 e. The largest absolute Gasteiger partial charge is 0.496 e. The van der Waals surface area contributed by atoms with Crippen LogP contribution in [0, 0.1) is 0 Å². The molecule has 2 aromatic carbocycles. The molecule has 0 bridgehead atoms. The zero-order chi connectivity index (χ0) is 17.6. The Morgan fingerprint density at radius 1 is 1.12 bits per heavy atom. The van der Waals surface area contributed by atoms with Gasteiger partial charge in [0.05, 0.1) is 18.8 Å². The first-order valence-corrected chi connectivity index (χ1v) is 8.09. The second-order valence-electron chi connectivity index (χ2n) is 6.07. The molecule has 2 N–H and O–H groups in total. The van der Waals surface area contributed by atoms with E-state index in [9.17, 15) is 15.0 Å². The molecule has 0 spiro atoms. The van der Waals surface area contributed by atoms with Gasteiger partial charge in [-0.05, 0) is 43.9 Å². The van der Waals surface area contributed by atoms with Crippen LogP contribution < -0.4 is 4.74 Å². The summed E-state index contributed by atoms with van der Waals surface area (Å²) in [6.07, 6.45) is 0.666. The molecule has 128 valence electrons. The van der Waals surface area contributed by atoms with Gasteiger partial charge in [0.15, 0.2) is 11.4 Å². The van der Waals surface area contributed by atoms with E-state index in [4.69, 9.17) is 4.74 Å². The molecular formula is C20H24O4. The Morgan fingerprint density at radius 2 is 1.75 bits per heavy atom. The van der Waals surface area contributed by atoms with Gasteiger partial charge >= 0.3 is 0 Å². The molecule has 0 aromatic heterocycles. The summed E-state index contributed by atoms with van der Waals surface area (Å²) in [6.45, 7) is 1.36. The summed E-state index contributed by atoms with van der Waals surface area (Å²) in [5.41, 5.74) is -0.418. The number of rotatable bonds is 8. The van der Waals surface area contributed by atoms with E-state index in [-0.39, 0.29) is 5.56 Å². The van der Waals surface area contributed by atoms with Gasteiger partial charge in [-0.25, -0.2) is 0 Å². The predicted molar refractivity (Wildman–Crippen MR) is 93.3 cm³/mol. The summed E-state index contributed by atoms with van der Waals surface area (Å²) in [5, 5.41) is 20.9. The number of Topliss-reactive ketones (excluding diaryl/α,β-unsaturated/α-hetero) is 1. The Labute approximate surface area is 142 Å². The monoisotopic (exact) mass is 328 g/mol. The van der Waals surface area contributed by atoms with E-state index < -0.39 is 17.5 Å². The average molecular weight is 328 g/mol. The molecule has 0 fully saturated rings. The number of methoxy groups -OCH3 is 1. The Morgan fingerprint density at radius 3 is 2.42 bits per heavy atom. The van der Waals surface area contributed by atoms with Crippen molar-refractivity contribution in [3.05, 3.63) is 65.7 Å². The van der Waals surface area contributed by atoms with Crippen LogP contribution in [0.2, 0.25) is 0 Å². The van der Waals surface area contributed by atoms with Crippen LogP contribution in [0.4, 0.5) is 0 Å². The van der Waals surface area contributed by atoms with Gasteiger partial charge in [-0.3, -0.25) is 4.79 Å². The number of aryl methyl sites for hydroxylation is 1. The molecule has 0 aliphatic rings. The molecule has 2 aromatic rings. The van der Waals surface area contributed by atoms with Gasteiger partial charge < -0.3 is 14.9 Å². The van der Waals surface area contributed by atoms with Gasteiger partial charge in [0.2, 0.25) is 0 Å². The Balaban J connectivity index is 2.01. The van der Waals surface area contributed by atoms with E-state index in [1.54, 1.807) is 24.3 Å². The Kier molecular flexibility index (Phi) is 6.12. The Bertz CT molecular complexity index is 664.